The molecular formula is C68H64BN3. The van der Waals surface area contributed by atoms with Gasteiger partial charge in [0.1, 0.15) is 0 Å². The SMILES string of the molecule is Cc1cc(C)c(-c2cc3c4c(c2)N2c5ccccc5C(C)(C)c5cccc(c52)B4N(c2ccc(-c4ccccc4)cc2)c2cc(N(c4ccc(C(C)(C)C)cc4)c4ccc(C(C)(C)C)cc4)ccc2-3)c(C)c1. The molecule has 0 fully saturated rings. The smallest absolute Gasteiger partial charge is 0.333 e. The molecule has 4 heteroatoms. The number of anilines is 8. The average molecular weight is 934 g/mol. The molecule has 12 rings (SSSR count). The summed E-state index contributed by atoms with van der Waals surface area (Å²) < 4.78 is 0. The van der Waals surface area contributed by atoms with Crippen molar-refractivity contribution < 1.29 is 0 Å². The van der Waals surface area contributed by atoms with Crippen molar-refractivity contribution in [3.8, 4) is 33.4 Å². The third-order valence-electron chi connectivity index (χ3n) is 16.0. The summed E-state index contributed by atoms with van der Waals surface area (Å²) in [5, 5.41) is 0. The largest absolute Gasteiger partial charge is 0.376 e. The molecule has 0 unspecified atom stereocenters. The average Bonchev–Trinajstić information content (AvgIpc) is 3.36. The molecule has 0 amide bonds. The topological polar surface area (TPSA) is 9.72 Å². The van der Waals surface area contributed by atoms with Crippen LogP contribution in [0, 0.1) is 20.8 Å². The van der Waals surface area contributed by atoms with Gasteiger partial charge in [-0.3, -0.25) is 0 Å². The van der Waals surface area contributed by atoms with Crippen molar-refractivity contribution in [2.45, 2.75) is 92.4 Å². The summed E-state index contributed by atoms with van der Waals surface area (Å²) in [5.41, 5.74) is 28.6. The summed E-state index contributed by atoms with van der Waals surface area (Å²) in [6.07, 6.45) is 0. The minimum Gasteiger partial charge on any atom is -0.376 e. The summed E-state index contributed by atoms with van der Waals surface area (Å²) in [6.45, 7) is 25.2. The Morgan fingerprint density at radius 2 is 1.03 bits per heavy atom. The maximum Gasteiger partial charge on any atom is 0.333 e. The zero-order valence-electron chi connectivity index (χ0n) is 43.8. The van der Waals surface area contributed by atoms with E-state index >= 15 is 0 Å². The second-order valence-electron chi connectivity index (χ2n) is 23.3. The summed E-state index contributed by atoms with van der Waals surface area (Å²) in [7, 11) is 0. The quantitative estimate of drug-likeness (QED) is 0.154. The number of hydrogen-bond donors (Lipinski definition) is 0. The predicted molar refractivity (Wildman–Crippen MR) is 309 cm³/mol. The van der Waals surface area contributed by atoms with Crippen LogP contribution in [0.25, 0.3) is 33.4 Å². The molecule has 0 saturated carbocycles. The van der Waals surface area contributed by atoms with Gasteiger partial charge in [-0.15, -0.1) is 0 Å². The van der Waals surface area contributed by atoms with E-state index in [1.807, 2.05) is 0 Å². The van der Waals surface area contributed by atoms with Gasteiger partial charge in [-0.2, -0.15) is 0 Å². The van der Waals surface area contributed by atoms with Crippen molar-refractivity contribution in [1.82, 2.24) is 0 Å². The molecule has 0 radical (unpaired) electrons. The highest BCUT2D eigenvalue weighted by Gasteiger charge is 2.49. The van der Waals surface area contributed by atoms with Gasteiger partial charge < -0.3 is 14.6 Å². The Morgan fingerprint density at radius 3 is 1.65 bits per heavy atom. The fourth-order valence-electron chi connectivity index (χ4n) is 12.4. The van der Waals surface area contributed by atoms with E-state index in [-0.39, 0.29) is 23.1 Å². The van der Waals surface area contributed by atoms with Crippen LogP contribution in [0.15, 0.2) is 188 Å². The van der Waals surface area contributed by atoms with Gasteiger partial charge in [0.15, 0.2) is 0 Å². The summed E-state index contributed by atoms with van der Waals surface area (Å²) in [6, 6.07) is 71.8. The first-order chi connectivity index (χ1) is 34.5. The molecule has 72 heavy (non-hydrogen) atoms. The number of rotatable bonds is 6. The first-order valence-electron chi connectivity index (χ1n) is 25.9. The van der Waals surface area contributed by atoms with Crippen molar-refractivity contribution >= 4 is 63.3 Å². The second-order valence-corrected chi connectivity index (χ2v) is 23.3. The molecule has 0 bridgehead atoms. The fraction of sp³-hybridized carbons (Fsp3) is 0.206. The third-order valence-corrected chi connectivity index (χ3v) is 16.0. The number of hydrogen-bond acceptors (Lipinski definition) is 3. The molecule has 0 aromatic heterocycles. The highest BCUT2D eigenvalue weighted by atomic mass is 15.2. The van der Waals surface area contributed by atoms with Gasteiger partial charge in [0.05, 0.1) is 5.69 Å². The van der Waals surface area contributed by atoms with E-state index in [2.05, 4.69) is 279 Å². The number of para-hydroxylation sites is 2. The molecule has 0 N–H and O–H groups in total. The summed E-state index contributed by atoms with van der Waals surface area (Å²) in [4.78, 5) is 7.76. The normalized spacial score (nSPS) is 14.1. The van der Waals surface area contributed by atoms with Crippen molar-refractivity contribution in [3.05, 3.63) is 227 Å². The Morgan fingerprint density at radius 1 is 0.458 bits per heavy atom. The molecule has 9 aromatic rings. The van der Waals surface area contributed by atoms with Crippen molar-refractivity contribution in [2.75, 3.05) is 14.6 Å². The van der Waals surface area contributed by atoms with Crippen LogP contribution in [-0.4, -0.2) is 6.85 Å². The zero-order chi connectivity index (χ0) is 50.0. The van der Waals surface area contributed by atoms with Crippen LogP contribution < -0.4 is 25.5 Å². The van der Waals surface area contributed by atoms with Gasteiger partial charge in [-0.05, 0) is 170 Å². The molecular weight excluding hydrogens is 870 g/mol. The fourth-order valence-corrected chi connectivity index (χ4v) is 12.4. The monoisotopic (exact) mass is 934 g/mol. The number of fused-ring (bicyclic) bond motifs is 6. The first-order valence-corrected chi connectivity index (χ1v) is 25.9. The van der Waals surface area contributed by atoms with E-state index in [9.17, 15) is 0 Å². The standard InChI is InChI=1S/C68H64BN3/c1-43-38-44(2)63(45(3)39-43)48-40-56-55-37-36-54(70(51-32-26-49(27-33-51)66(4,5)6)52-34-28-50(29-35-52)67(7,8)9)42-61(55)72(53-30-24-47(25-31-53)46-18-13-12-14-19-46)69-59-22-17-21-58-65(59)71(62(41-48)64(56)69)60-23-16-15-20-57(60)68(58,10)11/h12-42H,1-11H3. The molecule has 9 aromatic carbocycles. The lowest BCUT2D eigenvalue weighted by Gasteiger charge is -2.50. The van der Waals surface area contributed by atoms with Gasteiger partial charge in [0.2, 0.25) is 0 Å². The molecule has 0 saturated heterocycles. The van der Waals surface area contributed by atoms with Crippen LogP contribution in [0.5, 0.6) is 0 Å². The molecule has 0 spiro atoms. The van der Waals surface area contributed by atoms with Crippen LogP contribution >= 0.6 is 0 Å². The van der Waals surface area contributed by atoms with Gasteiger partial charge in [-0.25, -0.2) is 0 Å². The van der Waals surface area contributed by atoms with E-state index in [1.54, 1.807) is 0 Å². The zero-order valence-corrected chi connectivity index (χ0v) is 43.8. The Labute approximate surface area is 428 Å². The van der Waals surface area contributed by atoms with E-state index in [1.165, 1.54) is 106 Å². The first kappa shape index (κ1) is 45.6. The maximum atomic E-state index is 2.67. The molecule has 0 aliphatic carbocycles. The minimum atomic E-state index is -0.228. The van der Waals surface area contributed by atoms with Crippen molar-refractivity contribution in [3.63, 3.8) is 0 Å². The Bertz CT molecular complexity index is 3510. The molecule has 354 valence electrons. The predicted octanol–water partition coefficient (Wildman–Crippen LogP) is 17.4. The van der Waals surface area contributed by atoms with E-state index < -0.39 is 0 Å². The number of benzene rings is 9. The lowest BCUT2D eigenvalue weighted by molar-refractivity contribution is 0.590. The second kappa shape index (κ2) is 16.5. The lowest BCUT2D eigenvalue weighted by Crippen LogP contribution is -2.62. The lowest BCUT2D eigenvalue weighted by atomic mass is 9.42. The number of aryl methyl sites for hydroxylation is 3. The summed E-state index contributed by atoms with van der Waals surface area (Å²) in [5.74, 6) is 0. The van der Waals surface area contributed by atoms with E-state index in [0.29, 0.717) is 0 Å². The van der Waals surface area contributed by atoms with Crippen molar-refractivity contribution in [2.24, 2.45) is 0 Å². The van der Waals surface area contributed by atoms with Crippen LogP contribution in [-0.2, 0) is 16.2 Å². The van der Waals surface area contributed by atoms with Crippen molar-refractivity contribution in [1.29, 1.82) is 0 Å². The van der Waals surface area contributed by atoms with Gasteiger partial charge >= 0.3 is 6.85 Å². The molecule has 0 atom stereocenters. The van der Waals surface area contributed by atoms with Gasteiger partial charge in [0.25, 0.3) is 0 Å². The summed E-state index contributed by atoms with van der Waals surface area (Å²) >= 11 is 0. The minimum absolute atomic E-state index is 0.0321. The van der Waals surface area contributed by atoms with Gasteiger partial charge in [0, 0.05) is 50.8 Å². The van der Waals surface area contributed by atoms with Gasteiger partial charge in [-0.1, -0.05) is 182 Å². The highest BCUT2D eigenvalue weighted by Crippen LogP contribution is 2.56. The Kier molecular flexibility index (Phi) is 10.4. The Balaban J connectivity index is 1.17. The van der Waals surface area contributed by atoms with Crippen LogP contribution in [0.1, 0.15) is 94.3 Å². The van der Waals surface area contributed by atoms with E-state index in [4.69, 9.17) is 0 Å². The van der Waals surface area contributed by atoms with Crippen LogP contribution in [0.3, 0.4) is 0 Å². The third kappa shape index (κ3) is 7.24. The molecule has 3 heterocycles. The van der Waals surface area contributed by atoms with Crippen LogP contribution in [0.4, 0.5) is 45.5 Å². The maximum absolute atomic E-state index is 2.67. The molecule has 3 aliphatic heterocycles. The van der Waals surface area contributed by atoms with Crippen LogP contribution in [0.2, 0.25) is 0 Å². The highest BCUT2D eigenvalue weighted by molar-refractivity contribution is 6.93. The molecule has 3 aliphatic rings. The van der Waals surface area contributed by atoms with E-state index in [0.717, 1.165) is 22.7 Å². The number of nitrogens with zero attached hydrogens (tertiary/aromatic N) is 3. The molecule has 3 nitrogen and oxygen atoms in total. The Hall–Kier alpha value is -7.56.